The summed E-state index contributed by atoms with van der Waals surface area (Å²) in [7, 11) is 1.66. The lowest BCUT2D eigenvalue weighted by Crippen LogP contribution is -2.36. The summed E-state index contributed by atoms with van der Waals surface area (Å²) in [6, 6.07) is 16.1. The Hall–Kier alpha value is -3.87. The number of hydrogen-bond acceptors (Lipinski definition) is 6. The van der Waals surface area contributed by atoms with Crippen LogP contribution < -0.4 is 15.9 Å². The minimum absolute atomic E-state index is 0.146. The third-order valence-corrected chi connectivity index (χ3v) is 5.67. The number of rotatable bonds is 3. The number of carbonyl (C=O) groups excluding carboxylic acids is 1. The van der Waals surface area contributed by atoms with Gasteiger partial charge in [-0.15, -0.1) is 0 Å². The summed E-state index contributed by atoms with van der Waals surface area (Å²) >= 11 is 0. The number of aromatic nitrogens is 1. The Morgan fingerprint density at radius 2 is 1.84 bits per heavy atom. The smallest absolute Gasteiger partial charge is 0.348 e. The van der Waals surface area contributed by atoms with Crippen molar-refractivity contribution >= 4 is 27.8 Å². The fourth-order valence-electron chi connectivity index (χ4n) is 4.27. The number of nitrogens with zero attached hydrogens (tertiary/aromatic N) is 1. The van der Waals surface area contributed by atoms with Crippen LogP contribution in [0.3, 0.4) is 0 Å². The Morgan fingerprint density at radius 3 is 2.65 bits per heavy atom. The van der Waals surface area contributed by atoms with Gasteiger partial charge in [0.25, 0.3) is 5.56 Å². The third-order valence-electron chi connectivity index (χ3n) is 5.67. The van der Waals surface area contributed by atoms with Crippen LogP contribution in [-0.4, -0.2) is 23.2 Å². The van der Waals surface area contributed by atoms with Crippen LogP contribution in [-0.2, 0) is 16.6 Å². The quantitative estimate of drug-likeness (QED) is 0.376. The molecule has 3 heterocycles. The van der Waals surface area contributed by atoms with Crippen molar-refractivity contribution in [2.75, 3.05) is 6.61 Å². The SMILES string of the molecule is CCOC(=O)C1Oc2c(c(=O)oc3ccccc23)C1c1cc2ccccc2n(C)c1=O. The van der Waals surface area contributed by atoms with Crippen molar-refractivity contribution in [1.29, 1.82) is 0 Å². The molecule has 0 saturated heterocycles. The summed E-state index contributed by atoms with van der Waals surface area (Å²) in [5, 5.41) is 1.37. The van der Waals surface area contributed by atoms with Gasteiger partial charge in [-0.25, -0.2) is 9.59 Å². The lowest BCUT2D eigenvalue weighted by atomic mass is 9.88. The van der Waals surface area contributed by atoms with E-state index in [4.69, 9.17) is 13.9 Å². The van der Waals surface area contributed by atoms with Crippen molar-refractivity contribution in [3.8, 4) is 5.75 Å². The molecule has 5 rings (SSSR count). The fourth-order valence-corrected chi connectivity index (χ4v) is 4.27. The lowest BCUT2D eigenvalue weighted by Gasteiger charge is -2.18. The summed E-state index contributed by atoms with van der Waals surface area (Å²) in [5.74, 6) is -1.33. The summed E-state index contributed by atoms with van der Waals surface area (Å²) in [5.41, 5.74) is 0.571. The van der Waals surface area contributed by atoms with Gasteiger partial charge in [0.1, 0.15) is 11.3 Å². The summed E-state index contributed by atoms with van der Waals surface area (Å²) in [4.78, 5) is 39.1. The first kappa shape index (κ1) is 19.1. The van der Waals surface area contributed by atoms with E-state index in [-0.39, 0.29) is 29.0 Å². The monoisotopic (exact) mass is 417 g/mol. The second kappa shape index (κ2) is 7.12. The maximum absolute atomic E-state index is 13.3. The minimum Gasteiger partial charge on any atom is -0.476 e. The zero-order chi connectivity index (χ0) is 21.7. The normalized spacial score (nSPS) is 17.5. The van der Waals surface area contributed by atoms with E-state index in [9.17, 15) is 14.4 Å². The number of pyridine rings is 1. The standard InChI is InChI=1S/C24H19NO6/c1-3-29-24(28)21-18(15-12-13-8-4-6-10-16(13)25(2)22(15)26)19-20(31-21)14-9-5-7-11-17(14)30-23(19)27/h4-12,18,21H,3H2,1-2H3. The highest BCUT2D eigenvalue weighted by molar-refractivity contribution is 5.89. The molecule has 0 radical (unpaired) electrons. The van der Waals surface area contributed by atoms with E-state index in [1.165, 1.54) is 4.57 Å². The van der Waals surface area contributed by atoms with E-state index in [0.29, 0.717) is 11.0 Å². The number of ether oxygens (including phenoxy) is 2. The second-order valence-electron chi connectivity index (χ2n) is 7.42. The molecule has 156 valence electrons. The molecule has 0 aliphatic carbocycles. The average molecular weight is 417 g/mol. The molecule has 2 aromatic heterocycles. The highest BCUT2D eigenvalue weighted by Gasteiger charge is 2.46. The van der Waals surface area contributed by atoms with Gasteiger partial charge >= 0.3 is 11.6 Å². The average Bonchev–Trinajstić information content (AvgIpc) is 3.18. The van der Waals surface area contributed by atoms with E-state index in [1.807, 2.05) is 24.3 Å². The molecule has 1 aliphatic rings. The molecular weight excluding hydrogens is 398 g/mol. The maximum atomic E-state index is 13.3. The van der Waals surface area contributed by atoms with Crippen molar-refractivity contribution in [2.24, 2.45) is 7.05 Å². The van der Waals surface area contributed by atoms with Gasteiger partial charge in [0.15, 0.2) is 0 Å². The first-order valence-electron chi connectivity index (χ1n) is 9.99. The van der Waals surface area contributed by atoms with E-state index < -0.39 is 23.6 Å². The van der Waals surface area contributed by atoms with Crippen LogP contribution in [0.15, 0.2) is 68.6 Å². The van der Waals surface area contributed by atoms with Crippen LogP contribution in [0.25, 0.3) is 21.9 Å². The van der Waals surface area contributed by atoms with Gasteiger partial charge in [-0.05, 0) is 36.6 Å². The van der Waals surface area contributed by atoms with Crippen molar-refractivity contribution in [3.05, 3.63) is 86.5 Å². The van der Waals surface area contributed by atoms with Crippen LogP contribution in [0.1, 0.15) is 24.0 Å². The zero-order valence-electron chi connectivity index (χ0n) is 17.0. The molecule has 4 aromatic rings. The van der Waals surface area contributed by atoms with Crippen LogP contribution in [0.5, 0.6) is 5.75 Å². The third kappa shape index (κ3) is 2.84. The number of hydrogen-bond donors (Lipinski definition) is 0. The molecule has 1 aliphatic heterocycles. The predicted octanol–water partition coefficient (Wildman–Crippen LogP) is 3.10. The molecule has 0 spiro atoms. The van der Waals surface area contributed by atoms with Crippen LogP contribution in [0, 0.1) is 0 Å². The van der Waals surface area contributed by atoms with Crippen molar-refractivity contribution < 1.29 is 18.7 Å². The fraction of sp³-hybridized carbons (Fsp3) is 0.208. The molecule has 0 amide bonds. The van der Waals surface area contributed by atoms with Gasteiger partial charge in [0.05, 0.1) is 29.0 Å². The van der Waals surface area contributed by atoms with E-state index in [1.54, 1.807) is 44.3 Å². The number of benzene rings is 2. The Kier molecular flexibility index (Phi) is 4.39. The number of aryl methyl sites for hydroxylation is 1. The Bertz CT molecular complexity index is 1460. The van der Waals surface area contributed by atoms with Gasteiger partial charge in [-0.1, -0.05) is 30.3 Å². The number of carbonyl (C=O) groups is 1. The van der Waals surface area contributed by atoms with Gasteiger partial charge in [-0.3, -0.25) is 4.79 Å². The largest absolute Gasteiger partial charge is 0.476 e. The summed E-state index contributed by atoms with van der Waals surface area (Å²) in [6.07, 6.45) is -1.17. The van der Waals surface area contributed by atoms with Gasteiger partial charge in [-0.2, -0.15) is 0 Å². The highest BCUT2D eigenvalue weighted by atomic mass is 16.6. The topological polar surface area (TPSA) is 87.7 Å². The zero-order valence-corrected chi connectivity index (χ0v) is 17.0. The minimum atomic E-state index is -1.17. The van der Waals surface area contributed by atoms with Gasteiger partial charge in [0.2, 0.25) is 6.10 Å². The van der Waals surface area contributed by atoms with Crippen molar-refractivity contribution in [3.63, 3.8) is 0 Å². The first-order valence-corrected chi connectivity index (χ1v) is 9.99. The van der Waals surface area contributed by atoms with Crippen LogP contribution >= 0.6 is 0 Å². The second-order valence-corrected chi connectivity index (χ2v) is 7.42. The molecule has 0 N–H and O–H groups in total. The molecule has 31 heavy (non-hydrogen) atoms. The number of fused-ring (bicyclic) bond motifs is 4. The Morgan fingerprint density at radius 1 is 1.10 bits per heavy atom. The molecule has 0 saturated carbocycles. The van der Waals surface area contributed by atoms with Gasteiger partial charge < -0.3 is 18.5 Å². The molecule has 0 fully saturated rings. The first-order chi connectivity index (χ1) is 15.0. The molecule has 2 aromatic carbocycles. The van der Waals surface area contributed by atoms with Crippen LogP contribution in [0.2, 0.25) is 0 Å². The van der Waals surface area contributed by atoms with E-state index >= 15 is 0 Å². The summed E-state index contributed by atoms with van der Waals surface area (Å²) < 4.78 is 18.2. The lowest BCUT2D eigenvalue weighted by molar-refractivity contribution is -0.151. The maximum Gasteiger partial charge on any atom is 0.348 e. The Labute approximate surface area is 176 Å². The number of esters is 1. The van der Waals surface area contributed by atoms with Crippen molar-refractivity contribution in [1.82, 2.24) is 4.57 Å². The molecule has 7 heteroatoms. The molecule has 2 unspecified atom stereocenters. The number of para-hydroxylation sites is 2. The molecule has 0 bridgehead atoms. The molecule has 7 nitrogen and oxygen atoms in total. The van der Waals surface area contributed by atoms with E-state index in [2.05, 4.69) is 0 Å². The molecule has 2 atom stereocenters. The van der Waals surface area contributed by atoms with Crippen molar-refractivity contribution in [2.45, 2.75) is 18.9 Å². The Balaban J connectivity index is 1.83. The molecular formula is C24H19NO6. The van der Waals surface area contributed by atoms with Gasteiger partial charge in [0, 0.05) is 12.6 Å². The predicted molar refractivity (Wildman–Crippen MR) is 115 cm³/mol. The highest BCUT2D eigenvalue weighted by Crippen LogP contribution is 2.44. The van der Waals surface area contributed by atoms with Crippen LogP contribution in [0.4, 0.5) is 0 Å². The van der Waals surface area contributed by atoms with E-state index in [0.717, 1.165) is 10.9 Å². The summed E-state index contributed by atoms with van der Waals surface area (Å²) in [6.45, 7) is 1.83.